The van der Waals surface area contributed by atoms with Crippen molar-refractivity contribution in [1.29, 1.82) is 0 Å². The highest BCUT2D eigenvalue weighted by Crippen LogP contribution is 2.37. The van der Waals surface area contributed by atoms with Crippen LogP contribution in [0.2, 0.25) is 10.0 Å². The number of hydrogen-bond acceptors (Lipinski definition) is 2. The molecule has 0 fully saturated rings. The maximum Gasteiger partial charge on any atom is 0.0947 e. The summed E-state index contributed by atoms with van der Waals surface area (Å²) in [6.45, 7) is 0. The number of aliphatic hydroxyl groups is 1. The summed E-state index contributed by atoms with van der Waals surface area (Å²) in [6.07, 6.45) is -0.0156. The van der Waals surface area contributed by atoms with Crippen molar-refractivity contribution in [1.82, 2.24) is 0 Å². The van der Waals surface area contributed by atoms with Crippen LogP contribution >= 0.6 is 23.2 Å². The summed E-state index contributed by atoms with van der Waals surface area (Å²) in [5.74, 6) is 0. The van der Waals surface area contributed by atoms with Gasteiger partial charge in [-0.15, -0.1) is 0 Å². The average molecular weight is 218 g/mol. The number of benzene rings is 1. The Kier molecular flexibility index (Phi) is 2.24. The van der Waals surface area contributed by atoms with Gasteiger partial charge in [0, 0.05) is 16.1 Å². The molecule has 1 aromatic carbocycles. The van der Waals surface area contributed by atoms with Crippen LogP contribution in [0.15, 0.2) is 12.1 Å². The molecule has 0 aliphatic heterocycles. The lowest BCUT2D eigenvalue weighted by atomic mass is 10.1. The quantitative estimate of drug-likeness (QED) is 0.698. The minimum atomic E-state index is -0.633. The fourth-order valence-corrected chi connectivity index (χ4v) is 2.27. The number of halogens is 2. The van der Waals surface area contributed by atoms with Crippen molar-refractivity contribution in [3.63, 3.8) is 0 Å². The molecule has 1 aliphatic carbocycles. The predicted octanol–water partition coefficient (Wildman–Crippen LogP) is 1.91. The Labute approximate surface area is 86.3 Å². The zero-order chi connectivity index (χ0) is 9.59. The van der Waals surface area contributed by atoms with Crippen LogP contribution in [0.3, 0.4) is 0 Å². The topological polar surface area (TPSA) is 46.2 Å². The Morgan fingerprint density at radius 2 is 2.08 bits per heavy atom. The molecule has 1 aromatic rings. The van der Waals surface area contributed by atoms with Crippen molar-refractivity contribution in [3.8, 4) is 0 Å². The molecular formula is C9H9Cl2NO. The van der Waals surface area contributed by atoms with Crippen LogP contribution in [-0.2, 0) is 6.42 Å². The average Bonchev–Trinajstić information content (AvgIpc) is 2.32. The lowest BCUT2D eigenvalue weighted by Crippen LogP contribution is -2.24. The molecule has 0 bridgehead atoms. The van der Waals surface area contributed by atoms with Crippen molar-refractivity contribution in [2.24, 2.45) is 5.73 Å². The fourth-order valence-electron chi connectivity index (χ4n) is 1.68. The van der Waals surface area contributed by atoms with Crippen LogP contribution in [0, 0.1) is 0 Å². The van der Waals surface area contributed by atoms with Crippen LogP contribution in [-0.4, -0.2) is 11.1 Å². The first-order chi connectivity index (χ1) is 6.09. The van der Waals surface area contributed by atoms with E-state index in [1.165, 1.54) is 0 Å². The standard InChI is InChI=1S/C9H9Cl2NO/c10-4-1-6-5(7(11)2-4)3-8(12)9(6)13/h1-2,8-9,13H,3,12H2/t8-,9-/m0/s1. The van der Waals surface area contributed by atoms with Crippen molar-refractivity contribution >= 4 is 23.2 Å². The van der Waals surface area contributed by atoms with E-state index in [0.717, 1.165) is 11.1 Å². The molecule has 3 N–H and O–H groups in total. The van der Waals surface area contributed by atoms with Gasteiger partial charge in [-0.05, 0) is 29.7 Å². The SMILES string of the molecule is N[C@H]1Cc2c(Cl)cc(Cl)cc2[C@@H]1O. The number of rotatable bonds is 0. The van der Waals surface area contributed by atoms with Gasteiger partial charge in [-0.2, -0.15) is 0 Å². The molecule has 2 rings (SSSR count). The second kappa shape index (κ2) is 3.14. The van der Waals surface area contributed by atoms with Gasteiger partial charge in [0.05, 0.1) is 6.10 Å². The molecule has 0 unspecified atom stereocenters. The minimum absolute atomic E-state index is 0.258. The smallest absolute Gasteiger partial charge is 0.0947 e. The Morgan fingerprint density at radius 1 is 1.38 bits per heavy atom. The summed E-state index contributed by atoms with van der Waals surface area (Å²) < 4.78 is 0. The summed E-state index contributed by atoms with van der Waals surface area (Å²) in [6, 6.07) is 3.14. The zero-order valence-corrected chi connectivity index (χ0v) is 8.31. The van der Waals surface area contributed by atoms with Crippen LogP contribution in [0.1, 0.15) is 17.2 Å². The third-order valence-corrected chi connectivity index (χ3v) is 2.91. The summed E-state index contributed by atoms with van der Waals surface area (Å²) in [7, 11) is 0. The van der Waals surface area contributed by atoms with E-state index in [4.69, 9.17) is 28.9 Å². The number of hydrogen-bond donors (Lipinski definition) is 2. The molecule has 0 amide bonds. The highest BCUT2D eigenvalue weighted by atomic mass is 35.5. The lowest BCUT2D eigenvalue weighted by Gasteiger charge is -2.08. The molecule has 1 aliphatic rings. The van der Waals surface area contributed by atoms with Crippen LogP contribution < -0.4 is 5.73 Å². The van der Waals surface area contributed by atoms with Gasteiger partial charge < -0.3 is 10.8 Å². The van der Waals surface area contributed by atoms with Crippen molar-refractivity contribution in [2.75, 3.05) is 0 Å². The summed E-state index contributed by atoms with van der Waals surface area (Å²) in [5, 5.41) is 10.8. The van der Waals surface area contributed by atoms with E-state index in [1.54, 1.807) is 12.1 Å². The van der Waals surface area contributed by atoms with E-state index in [-0.39, 0.29) is 6.04 Å². The molecule has 70 valence electrons. The molecule has 0 saturated heterocycles. The first-order valence-electron chi connectivity index (χ1n) is 4.01. The van der Waals surface area contributed by atoms with Gasteiger partial charge in [-0.25, -0.2) is 0 Å². The largest absolute Gasteiger partial charge is 0.387 e. The third-order valence-electron chi connectivity index (χ3n) is 2.36. The third kappa shape index (κ3) is 1.44. The summed E-state index contributed by atoms with van der Waals surface area (Å²) in [5.41, 5.74) is 7.39. The van der Waals surface area contributed by atoms with Crippen LogP contribution in [0.25, 0.3) is 0 Å². The van der Waals surface area contributed by atoms with Crippen LogP contribution in [0.4, 0.5) is 0 Å². The Bertz CT molecular complexity index is 354. The van der Waals surface area contributed by atoms with E-state index >= 15 is 0 Å². The summed E-state index contributed by atoms with van der Waals surface area (Å²) in [4.78, 5) is 0. The second-order valence-electron chi connectivity index (χ2n) is 3.27. The van der Waals surface area contributed by atoms with Crippen LogP contribution in [0.5, 0.6) is 0 Å². The lowest BCUT2D eigenvalue weighted by molar-refractivity contribution is 0.159. The highest BCUT2D eigenvalue weighted by Gasteiger charge is 2.29. The van der Waals surface area contributed by atoms with Crippen molar-refractivity contribution < 1.29 is 5.11 Å². The normalized spacial score (nSPS) is 26.2. The van der Waals surface area contributed by atoms with E-state index in [0.29, 0.717) is 16.5 Å². The van der Waals surface area contributed by atoms with Gasteiger partial charge in [0.2, 0.25) is 0 Å². The van der Waals surface area contributed by atoms with E-state index < -0.39 is 6.10 Å². The van der Waals surface area contributed by atoms with Crippen molar-refractivity contribution in [3.05, 3.63) is 33.3 Å². The minimum Gasteiger partial charge on any atom is -0.387 e. The number of fused-ring (bicyclic) bond motifs is 1. The molecule has 0 aromatic heterocycles. The first kappa shape index (κ1) is 9.28. The van der Waals surface area contributed by atoms with Gasteiger partial charge in [0.1, 0.15) is 0 Å². The van der Waals surface area contributed by atoms with Gasteiger partial charge >= 0.3 is 0 Å². The Hall–Kier alpha value is -0.280. The molecule has 0 radical (unpaired) electrons. The predicted molar refractivity (Wildman–Crippen MR) is 53.1 cm³/mol. The molecule has 0 spiro atoms. The second-order valence-corrected chi connectivity index (χ2v) is 4.11. The highest BCUT2D eigenvalue weighted by molar-refractivity contribution is 6.35. The molecule has 0 saturated carbocycles. The molecule has 2 nitrogen and oxygen atoms in total. The van der Waals surface area contributed by atoms with Gasteiger partial charge in [0.25, 0.3) is 0 Å². The maximum atomic E-state index is 9.66. The number of nitrogens with two attached hydrogens (primary N) is 1. The molecule has 0 heterocycles. The molecule has 4 heteroatoms. The van der Waals surface area contributed by atoms with Crippen molar-refractivity contribution in [2.45, 2.75) is 18.6 Å². The van der Waals surface area contributed by atoms with E-state index in [2.05, 4.69) is 0 Å². The van der Waals surface area contributed by atoms with E-state index in [1.807, 2.05) is 0 Å². The molecule has 13 heavy (non-hydrogen) atoms. The number of aliphatic hydroxyl groups excluding tert-OH is 1. The summed E-state index contributed by atoms with van der Waals surface area (Å²) >= 11 is 11.8. The van der Waals surface area contributed by atoms with Gasteiger partial charge in [-0.1, -0.05) is 23.2 Å². The van der Waals surface area contributed by atoms with Gasteiger partial charge in [0.15, 0.2) is 0 Å². The molecular weight excluding hydrogens is 209 g/mol. The monoisotopic (exact) mass is 217 g/mol. The Morgan fingerprint density at radius 3 is 2.77 bits per heavy atom. The van der Waals surface area contributed by atoms with Gasteiger partial charge in [-0.3, -0.25) is 0 Å². The fraction of sp³-hybridized carbons (Fsp3) is 0.333. The Balaban J connectivity index is 2.57. The maximum absolute atomic E-state index is 9.66. The molecule has 2 atom stereocenters. The first-order valence-corrected chi connectivity index (χ1v) is 4.76. The zero-order valence-electron chi connectivity index (χ0n) is 6.80. The van der Waals surface area contributed by atoms with E-state index in [9.17, 15) is 5.11 Å².